The third-order valence-electron chi connectivity index (χ3n) is 7.26. The average molecular weight is 446 g/mol. The van der Waals surface area contributed by atoms with Gasteiger partial charge in [0.05, 0.1) is 17.9 Å². The number of sulfonamides is 1. The van der Waals surface area contributed by atoms with Crippen LogP contribution in [0.5, 0.6) is 0 Å². The highest BCUT2D eigenvalue weighted by atomic mass is 32.2. The molecule has 2 atom stereocenters. The molecule has 0 N–H and O–H groups in total. The molecule has 1 saturated carbocycles. The molecule has 0 radical (unpaired) electrons. The highest BCUT2D eigenvalue weighted by molar-refractivity contribution is 7.89. The first kappa shape index (κ1) is 20.7. The Morgan fingerprint density at radius 2 is 1.80 bits per heavy atom. The number of nitrogens with zero attached hydrogens (tertiary/aromatic N) is 3. The van der Waals surface area contributed by atoms with Crippen molar-refractivity contribution >= 4 is 10.0 Å². The number of hydrogen-bond donors (Lipinski definition) is 0. The Labute approximate surface area is 174 Å². The van der Waals surface area contributed by atoms with Crippen LogP contribution in [-0.4, -0.2) is 67.5 Å². The summed E-state index contributed by atoms with van der Waals surface area (Å²) in [6, 6.07) is 1.78. The summed E-state index contributed by atoms with van der Waals surface area (Å²) >= 11 is 0. The number of aromatic nitrogens is 1. The lowest BCUT2D eigenvalue weighted by Crippen LogP contribution is -2.48. The molecule has 0 unspecified atom stereocenters. The third-order valence-corrected chi connectivity index (χ3v) is 9.22. The van der Waals surface area contributed by atoms with Gasteiger partial charge in [0.1, 0.15) is 10.6 Å². The summed E-state index contributed by atoms with van der Waals surface area (Å²) in [5.74, 6) is 0.514. The van der Waals surface area contributed by atoms with Crippen LogP contribution in [0.1, 0.15) is 31.2 Å². The molecule has 1 aliphatic carbocycles. The first-order valence-electron chi connectivity index (χ1n) is 10.3. The fraction of sp³-hybridized carbons (Fsp3) is 0.750. The Bertz CT molecular complexity index is 961. The Hall–Kier alpha value is -1.23. The molecule has 166 valence electrons. The first-order valence-corrected chi connectivity index (χ1v) is 11.7. The molecule has 4 saturated heterocycles. The van der Waals surface area contributed by atoms with Crippen LogP contribution in [0.4, 0.5) is 13.2 Å². The summed E-state index contributed by atoms with van der Waals surface area (Å²) in [6.07, 6.45) is -2.39. The van der Waals surface area contributed by atoms with Crippen molar-refractivity contribution in [2.75, 3.05) is 39.3 Å². The molecule has 5 heterocycles. The van der Waals surface area contributed by atoms with Crippen molar-refractivity contribution in [3.05, 3.63) is 23.5 Å². The van der Waals surface area contributed by atoms with E-state index in [0.29, 0.717) is 13.1 Å². The Kier molecular flexibility index (Phi) is 4.41. The second kappa shape index (κ2) is 6.40. The van der Waals surface area contributed by atoms with E-state index in [4.69, 9.17) is 4.74 Å². The summed E-state index contributed by atoms with van der Waals surface area (Å²) in [5.41, 5.74) is -0.858. The molecular weight excluding hydrogens is 419 g/mol. The molecule has 6 nitrogen and oxygen atoms in total. The van der Waals surface area contributed by atoms with E-state index in [1.54, 1.807) is 0 Å². The maximum Gasteiger partial charge on any atom is 0.433 e. The number of alkyl halides is 3. The fourth-order valence-corrected chi connectivity index (χ4v) is 7.90. The fourth-order valence-electron chi connectivity index (χ4n) is 6.19. The van der Waals surface area contributed by atoms with Gasteiger partial charge in [-0.1, -0.05) is 0 Å². The molecule has 10 heteroatoms. The van der Waals surface area contributed by atoms with Crippen LogP contribution in [-0.2, 0) is 20.9 Å². The van der Waals surface area contributed by atoms with Gasteiger partial charge in [-0.15, -0.1) is 0 Å². The van der Waals surface area contributed by atoms with Gasteiger partial charge in [0.15, 0.2) is 0 Å². The van der Waals surface area contributed by atoms with Crippen molar-refractivity contribution in [1.29, 1.82) is 0 Å². The minimum atomic E-state index is -4.59. The van der Waals surface area contributed by atoms with Crippen LogP contribution in [0.2, 0.25) is 0 Å². The Balaban J connectivity index is 1.25. The van der Waals surface area contributed by atoms with Crippen LogP contribution in [0.3, 0.4) is 0 Å². The number of hydrogen-bond acceptors (Lipinski definition) is 5. The minimum absolute atomic E-state index is 0.0635. The van der Waals surface area contributed by atoms with Crippen molar-refractivity contribution in [2.45, 2.75) is 43.4 Å². The molecule has 2 bridgehead atoms. The summed E-state index contributed by atoms with van der Waals surface area (Å²) < 4.78 is 72.0. The molecule has 0 spiro atoms. The van der Waals surface area contributed by atoms with Gasteiger partial charge in [-0.3, -0.25) is 0 Å². The molecule has 1 aromatic rings. The van der Waals surface area contributed by atoms with Crippen LogP contribution < -0.4 is 0 Å². The Morgan fingerprint density at radius 1 is 1.17 bits per heavy atom. The molecule has 5 fully saturated rings. The largest absolute Gasteiger partial charge is 0.433 e. The van der Waals surface area contributed by atoms with E-state index in [0.717, 1.165) is 51.2 Å². The zero-order valence-electron chi connectivity index (χ0n) is 17.1. The number of pyridine rings is 1. The molecule has 1 aromatic heterocycles. The van der Waals surface area contributed by atoms with E-state index >= 15 is 0 Å². The lowest BCUT2D eigenvalue weighted by molar-refractivity contribution is -0.141. The lowest BCUT2D eigenvalue weighted by Gasteiger charge is -2.44. The molecule has 30 heavy (non-hydrogen) atoms. The van der Waals surface area contributed by atoms with Gasteiger partial charge >= 0.3 is 6.18 Å². The van der Waals surface area contributed by atoms with Crippen molar-refractivity contribution in [3.8, 4) is 0 Å². The maximum absolute atomic E-state index is 13.1. The predicted molar refractivity (Wildman–Crippen MR) is 102 cm³/mol. The van der Waals surface area contributed by atoms with Gasteiger partial charge in [0.25, 0.3) is 0 Å². The van der Waals surface area contributed by atoms with E-state index in [9.17, 15) is 21.6 Å². The van der Waals surface area contributed by atoms with Gasteiger partial charge in [0, 0.05) is 38.1 Å². The predicted octanol–water partition coefficient (Wildman–Crippen LogP) is 2.53. The molecule has 5 aliphatic rings. The first-order chi connectivity index (χ1) is 13.9. The maximum atomic E-state index is 13.1. The number of rotatable bonds is 4. The lowest BCUT2D eigenvalue weighted by atomic mass is 9.63. The average Bonchev–Trinajstić information content (AvgIpc) is 3.31. The molecule has 6 rings (SSSR count). The number of likely N-dealkylation sites (tertiary alicyclic amines) is 1. The van der Waals surface area contributed by atoms with Crippen molar-refractivity contribution in [1.82, 2.24) is 14.2 Å². The van der Waals surface area contributed by atoms with Gasteiger partial charge in [-0.2, -0.15) is 17.5 Å². The van der Waals surface area contributed by atoms with E-state index in [1.807, 2.05) is 0 Å². The topological polar surface area (TPSA) is 62.7 Å². The summed E-state index contributed by atoms with van der Waals surface area (Å²) in [5, 5.41) is 0. The number of halogens is 3. The molecule has 4 aliphatic heterocycles. The van der Waals surface area contributed by atoms with E-state index in [2.05, 4.69) is 16.8 Å². The van der Waals surface area contributed by atoms with Gasteiger partial charge in [0.2, 0.25) is 10.0 Å². The van der Waals surface area contributed by atoms with Gasteiger partial charge < -0.3 is 9.64 Å². The second-order valence-corrected chi connectivity index (χ2v) is 11.8. The highest BCUT2D eigenvalue weighted by Crippen LogP contribution is 2.58. The van der Waals surface area contributed by atoms with Crippen LogP contribution >= 0.6 is 0 Å². The summed E-state index contributed by atoms with van der Waals surface area (Å²) in [4.78, 5) is 5.80. The minimum Gasteiger partial charge on any atom is -0.375 e. The summed E-state index contributed by atoms with van der Waals surface area (Å²) in [7, 11) is -3.86. The van der Waals surface area contributed by atoms with Crippen molar-refractivity contribution in [3.63, 3.8) is 0 Å². The standard InChI is InChI=1S/C20H26F3N3O3S/c1-13-16(3-4-17(24-13)20(21,22)23)30(27,28)26-7-14-5-25(6-15(14)8-26)11-19-9-18(2,10-19)29-12-19/h3-4,14-15H,5-12H2,1-2H3/t14-,15-,18?,19?/m0/s1. The van der Waals surface area contributed by atoms with E-state index in [1.165, 1.54) is 11.2 Å². The highest BCUT2D eigenvalue weighted by Gasteiger charge is 2.60. The van der Waals surface area contributed by atoms with Gasteiger partial charge in [-0.25, -0.2) is 13.4 Å². The number of fused-ring (bicyclic) bond motifs is 2. The van der Waals surface area contributed by atoms with E-state index in [-0.39, 0.29) is 33.4 Å². The molecule has 0 amide bonds. The van der Waals surface area contributed by atoms with Crippen LogP contribution in [0.25, 0.3) is 0 Å². The normalized spacial score (nSPS) is 36.8. The monoisotopic (exact) mass is 445 g/mol. The summed E-state index contributed by atoms with van der Waals surface area (Å²) in [6.45, 7) is 7.84. The third kappa shape index (κ3) is 3.27. The smallest absolute Gasteiger partial charge is 0.375 e. The SMILES string of the molecule is Cc1nc(C(F)(F)F)ccc1S(=O)(=O)N1C[C@@H]2CN(CC34COC(C)(C3)C4)C[C@H]2C1. The quantitative estimate of drug-likeness (QED) is 0.713. The van der Waals surface area contributed by atoms with Crippen molar-refractivity contribution < 1.29 is 26.3 Å². The second-order valence-electron chi connectivity index (χ2n) is 9.91. The van der Waals surface area contributed by atoms with E-state index < -0.39 is 21.9 Å². The Morgan fingerprint density at radius 3 is 2.30 bits per heavy atom. The van der Waals surface area contributed by atoms with Crippen LogP contribution in [0, 0.1) is 24.2 Å². The van der Waals surface area contributed by atoms with Gasteiger partial charge in [-0.05, 0) is 50.7 Å². The zero-order chi connectivity index (χ0) is 21.5. The molecule has 0 aromatic carbocycles. The zero-order valence-corrected chi connectivity index (χ0v) is 17.9. The molecular formula is C20H26F3N3O3S. The number of aryl methyl sites for hydroxylation is 1. The number of ether oxygens (including phenoxy) is 1. The van der Waals surface area contributed by atoms with Crippen molar-refractivity contribution in [2.24, 2.45) is 17.3 Å². The van der Waals surface area contributed by atoms with Crippen LogP contribution in [0.15, 0.2) is 17.0 Å².